The third-order valence-electron chi connectivity index (χ3n) is 5.21. The van der Waals surface area contributed by atoms with E-state index < -0.39 is 17.8 Å². The molecule has 2 aromatic carbocycles. The van der Waals surface area contributed by atoms with Gasteiger partial charge in [0.15, 0.2) is 5.78 Å². The first-order chi connectivity index (χ1) is 11.8. The van der Waals surface area contributed by atoms with Gasteiger partial charge >= 0.3 is 0 Å². The van der Waals surface area contributed by atoms with E-state index in [0.29, 0.717) is 45.6 Å². The molecule has 0 radical (unpaired) electrons. The van der Waals surface area contributed by atoms with Crippen LogP contribution in [0.2, 0.25) is 0 Å². The molecule has 0 unspecified atom stereocenters. The lowest BCUT2D eigenvalue weighted by atomic mass is 9.72. The summed E-state index contributed by atoms with van der Waals surface area (Å²) >= 11 is 0. The van der Waals surface area contributed by atoms with E-state index in [9.17, 15) is 20.1 Å². The van der Waals surface area contributed by atoms with E-state index in [1.807, 2.05) is 0 Å². The molecule has 3 atom stereocenters. The Balaban J connectivity index is 1.96. The van der Waals surface area contributed by atoms with Crippen LogP contribution in [0.4, 0.5) is 0 Å². The van der Waals surface area contributed by atoms with Gasteiger partial charge in [0.05, 0.1) is 12.7 Å². The van der Waals surface area contributed by atoms with E-state index in [-0.39, 0.29) is 12.2 Å². The molecule has 0 heterocycles. The minimum absolute atomic E-state index is 0.00420. The number of aliphatic hydroxyl groups is 3. The molecule has 5 heteroatoms. The molecule has 0 bridgehead atoms. The van der Waals surface area contributed by atoms with Gasteiger partial charge in [0.25, 0.3) is 0 Å². The maximum Gasteiger partial charge on any atom is 0.166 e. The molecule has 25 heavy (non-hydrogen) atoms. The van der Waals surface area contributed by atoms with Crippen LogP contribution in [-0.4, -0.2) is 33.8 Å². The molecular formula is C20H20O5. The lowest BCUT2D eigenvalue weighted by molar-refractivity contribution is 0.0406. The van der Waals surface area contributed by atoms with Crippen LogP contribution < -0.4 is 4.74 Å². The first kappa shape index (κ1) is 16.3. The van der Waals surface area contributed by atoms with Crippen molar-refractivity contribution >= 4 is 5.78 Å². The molecule has 0 aliphatic heterocycles. The molecular weight excluding hydrogens is 320 g/mol. The summed E-state index contributed by atoms with van der Waals surface area (Å²) in [4.78, 5) is 12.7. The number of aliphatic hydroxyl groups excluding tert-OH is 2. The molecule has 0 fully saturated rings. The quantitative estimate of drug-likeness (QED) is 0.740. The van der Waals surface area contributed by atoms with Gasteiger partial charge in [-0.2, -0.15) is 0 Å². The number of hydrogen-bond acceptors (Lipinski definition) is 5. The number of Topliss-reactive ketones (excluding diaryl/α,β-unsaturated/α-hetero) is 1. The van der Waals surface area contributed by atoms with E-state index in [4.69, 9.17) is 4.74 Å². The van der Waals surface area contributed by atoms with Gasteiger partial charge in [0.2, 0.25) is 0 Å². The third-order valence-corrected chi connectivity index (χ3v) is 5.21. The van der Waals surface area contributed by atoms with Gasteiger partial charge in [-0.05, 0) is 29.7 Å². The normalized spacial score (nSPS) is 27.3. The SMILES string of the molecule is COc1cccc2c1[C@@H](O)c1ccc3c(c1[C@H]2O)C(=O)C[C@](C)(O)C3. The molecule has 2 aromatic rings. The number of fused-ring (bicyclic) bond motifs is 4. The summed E-state index contributed by atoms with van der Waals surface area (Å²) in [5.41, 5.74) is 2.08. The fraction of sp³-hybridized carbons (Fsp3) is 0.350. The summed E-state index contributed by atoms with van der Waals surface area (Å²) in [5, 5.41) is 32.1. The Hall–Kier alpha value is -2.21. The van der Waals surface area contributed by atoms with Crippen molar-refractivity contribution in [3.8, 4) is 5.75 Å². The summed E-state index contributed by atoms with van der Waals surface area (Å²) in [5.74, 6) is 0.294. The molecule has 4 rings (SSSR count). The van der Waals surface area contributed by atoms with Crippen LogP contribution in [-0.2, 0) is 6.42 Å². The minimum Gasteiger partial charge on any atom is -0.496 e. The van der Waals surface area contributed by atoms with Crippen molar-refractivity contribution in [2.75, 3.05) is 7.11 Å². The Bertz CT molecular complexity index is 884. The number of ether oxygens (including phenoxy) is 1. The van der Waals surface area contributed by atoms with Gasteiger partial charge in [-0.3, -0.25) is 4.79 Å². The average molecular weight is 340 g/mol. The summed E-state index contributed by atoms with van der Waals surface area (Å²) in [6.07, 6.45) is -1.66. The highest BCUT2D eigenvalue weighted by molar-refractivity contribution is 6.01. The van der Waals surface area contributed by atoms with Crippen LogP contribution in [0.1, 0.15) is 63.7 Å². The molecule has 0 amide bonds. The monoisotopic (exact) mass is 340 g/mol. The van der Waals surface area contributed by atoms with Crippen LogP contribution in [0.25, 0.3) is 0 Å². The lowest BCUT2D eigenvalue weighted by Crippen LogP contribution is -2.37. The highest BCUT2D eigenvalue weighted by atomic mass is 16.5. The zero-order chi connectivity index (χ0) is 17.9. The van der Waals surface area contributed by atoms with Gasteiger partial charge in [-0.15, -0.1) is 0 Å². The van der Waals surface area contributed by atoms with Gasteiger partial charge < -0.3 is 20.1 Å². The second kappa shape index (κ2) is 5.39. The predicted octanol–water partition coefficient (Wildman–Crippen LogP) is 2.05. The van der Waals surface area contributed by atoms with Crippen molar-refractivity contribution in [2.24, 2.45) is 0 Å². The van der Waals surface area contributed by atoms with E-state index in [2.05, 4.69) is 0 Å². The highest BCUT2D eigenvalue weighted by Gasteiger charge is 2.40. The van der Waals surface area contributed by atoms with Crippen molar-refractivity contribution in [1.82, 2.24) is 0 Å². The summed E-state index contributed by atoms with van der Waals surface area (Å²) in [6, 6.07) is 8.71. The first-order valence-corrected chi connectivity index (χ1v) is 8.28. The topological polar surface area (TPSA) is 87.0 Å². The van der Waals surface area contributed by atoms with E-state index >= 15 is 0 Å². The maximum atomic E-state index is 12.7. The molecule has 0 spiro atoms. The number of carbonyl (C=O) groups excluding carboxylic acids is 1. The van der Waals surface area contributed by atoms with Gasteiger partial charge in [0, 0.05) is 29.5 Å². The maximum absolute atomic E-state index is 12.7. The summed E-state index contributed by atoms with van der Waals surface area (Å²) in [6.45, 7) is 1.64. The molecule has 130 valence electrons. The van der Waals surface area contributed by atoms with Crippen LogP contribution in [0.3, 0.4) is 0 Å². The fourth-order valence-corrected chi connectivity index (χ4v) is 4.18. The minimum atomic E-state index is -1.09. The van der Waals surface area contributed by atoms with Gasteiger partial charge in [-0.25, -0.2) is 0 Å². The van der Waals surface area contributed by atoms with Crippen LogP contribution in [0, 0.1) is 0 Å². The average Bonchev–Trinajstić information content (AvgIpc) is 2.57. The fourth-order valence-electron chi connectivity index (χ4n) is 4.18. The first-order valence-electron chi connectivity index (χ1n) is 8.28. The Kier molecular flexibility index (Phi) is 3.51. The Morgan fingerprint density at radius 2 is 1.72 bits per heavy atom. The van der Waals surface area contributed by atoms with Crippen molar-refractivity contribution in [3.63, 3.8) is 0 Å². The van der Waals surface area contributed by atoms with Crippen molar-refractivity contribution in [2.45, 2.75) is 37.6 Å². The van der Waals surface area contributed by atoms with E-state index in [0.717, 1.165) is 0 Å². The van der Waals surface area contributed by atoms with Crippen LogP contribution in [0.15, 0.2) is 30.3 Å². The number of ketones is 1. The molecule has 2 aliphatic rings. The van der Waals surface area contributed by atoms with Gasteiger partial charge in [-0.1, -0.05) is 24.3 Å². The van der Waals surface area contributed by atoms with Crippen LogP contribution in [0.5, 0.6) is 5.75 Å². The lowest BCUT2D eigenvalue weighted by Gasteiger charge is -2.36. The molecule has 3 N–H and O–H groups in total. The van der Waals surface area contributed by atoms with Gasteiger partial charge in [0.1, 0.15) is 18.0 Å². The third kappa shape index (κ3) is 2.31. The Labute approximate surface area is 145 Å². The number of hydrogen-bond donors (Lipinski definition) is 3. The number of methoxy groups -OCH3 is 1. The standard InChI is InChI=1S/C20H20O5/c1-20(24)8-10-6-7-12-17(15(10)13(21)9-20)19(23)11-4-3-5-14(25-2)16(11)18(12)22/h3-7,18-19,22-24H,8-9H2,1-2H3/t18-,19-,20+/m0/s1. The van der Waals surface area contributed by atoms with Crippen molar-refractivity contribution in [1.29, 1.82) is 0 Å². The molecule has 0 aromatic heterocycles. The molecule has 0 saturated carbocycles. The van der Waals surface area contributed by atoms with Crippen molar-refractivity contribution < 1.29 is 24.9 Å². The Morgan fingerprint density at radius 3 is 2.44 bits per heavy atom. The molecule has 0 saturated heterocycles. The molecule has 2 aliphatic carbocycles. The van der Waals surface area contributed by atoms with Crippen LogP contribution >= 0.6 is 0 Å². The number of benzene rings is 2. The van der Waals surface area contributed by atoms with E-state index in [1.54, 1.807) is 37.3 Å². The predicted molar refractivity (Wildman–Crippen MR) is 90.8 cm³/mol. The Morgan fingerprint density at radius 1 is 1.04 bits per heavy atom. The second-order valence-corrected chi connectivity index (χ2v) is 7.14. The summed E-state index contributed by atoms with van der Waals surface area (Å²) < 4.78 is 5.34. The number of carbonyl (C=O) groups is 1. The zero-order valence-electron chi connectivity index (χ0n) is 14.1. The number of rotatable bonds is 1. The second-order valence-electron chi connectivity index (χ2n) is 7.14. The van der Waals surface area contributed by atoms with Crippen molar-refractivity contribution in [3.05, 3.63) is 63.7 Å². The molecule has 5 nitrogen and oxygen atoms in total. The highest BCUT2D eigenvalue weighted by Crippen LogP contribution is 2.47. The smallest absolute Gasteiger partial charge is 0.166 e. The van der Waals surface area contributed by atoms with E-state index in [1.165, 1.54) is 7.11 Å². The zero-order valence-corrected chi connectivity index (χ0v) is 14.1. The summed E-state index contributed by atoms with van der Waals surface area (Å²) in [7, 11) is 1.52. The largest absolute Gasteiger partial charge is 0.496 e.